The van der Waals surface area contributed by atoms with Crippen molar-refractivity contribution in [1.29, 1.82) is 0 Å². The summed E-state index contributed by atoms with van der Waals surface area (Å²) in [4.78, 5) is 1.61. The van der Waals surface area contributed by atoms with Crippen LogP contribution in [0.2, 0.25) is 5.02 Å². The molecule has 2 nitrogen and oxygen atoms in total. The van der Waals surface area contributed by atoms with E-state index in [4.69, 9.17) is 11.6 Å². The number of benzene rings is 2. The number of fused-ring (bicyclic) bond motifs is 1. The van der Waals surface area contributed by atoms with E-state index >= 15 is 0 Å². The minimum atomic E-state index is -1.26. The molecule has 0 spiro atoms. The third-order valence-electron chi connectivity index (χ3n) is 3.56. The van der Waals surface area contributed by atoms with Crippen molar-refractivity contribution in [3.05, 3.63) is 66.2 Å². The molecule has 23 heavy (non-hydrogen) atoms. The lowest BCUT2D eigenvalue weighted by atomic mass is 10.2. The maximum Gasteiger partial charge on any atom is 0.0927 e. The number of thioether (sulfide) groups is 1. The Kier molecular flexibility index (Phi) is 4.95. The van der Waals surface area contributed by atoms with Crippen molar-refractivity contribution >= 4 is 45.1 Å². The number of nitrogens with zero attached hydrogens (tertiary/aromatic N) is 1. The summed E-state index contributed by atoms with van der Waals surface area (Å²) < 4.78 is 15.3. The van der Waals surface area contributed by atoms with Crippen LogP contribution in [-0.4, -0.2) is 14.5 Å². The number of rotatable bonds is 5. The van der Waals surface area contributed by atoms with Crippen LogP contribution >= 0.6 is 23.4 Å². The fourth-order valence-corrected chi connectivity index (χ4v) is 5.12. The van der Waals surface area contributed by atoms with Gasteiger partial charge in [-0.05, 0) is 30.3 Å². The van der Waals surface area contributed by atoms with Gasteiger partial charge in [0.15, 0.2) is 0 Å². The Balaban J connectivity index is 2.19. The molecule has 0 amide bonds. The summed E-state index contributed by atoms with van der Waals surface area (Å²) in [6, 6.07) is 15.2. The van der Waals surface area contributed by atoms with Gasteiger partial charge in [0.1, 0.15) is 0 Å². The van der Waals surface area contributed by atoms with E-state index in [0.29, 0.717) is 5.02 Å². The van der Waals surface area contributed by atoms with E-state index in [9.17, 15) is 4.21 Å². The highest BCUT2D eigenvalue weighted by Crippen LogP contribution is 2.37. The minimum absolute atomic E-state index is 0.643. The van der Waals surface area contributed by atoms with Crippen LogP contribution < -0.4 is 0 Å². The van der Waals surface area contributed by atoms with Crippen molar-refractivity contribution in [3.8, 4) is 0 Å². The highest BCUT2D eigenvalue weighted by Gasteiger charge is 2.21. The van der Waals surface area contributed by atoms with E-state index in [2.05, 4.69) is 17.2 Å². The molecule has 1 heterocycles. The van der Waals surface area contributed by atoms with Crippen molar-refractivity contribution in [1.82, 2.24) is 4.57 Å². The van der Waals surface area contributed by atoms with Gasteiger partial charge in [0.25, 0.3) is 0 Å². The lowest BCUT2D eigenvalue weighted by Crippen LogP contribution is -1.96. The largest absolute Gasteiger partial charge is 0.338 e. The van der Waals surface area contributed by atoms with Gasteiger partial charge in [-0.3, -0.25) is 0 Å². The summed E-state index contributed by atoms with van der Waals surface area (Å²) in [6.45, 7) is 3.78. The normalized spacial score (nSPS) is 12.4. The summed E-state index contributed by atoms with van der Waals surface area (Å²) >= 11 is 7.59. The van der Waals surface area contributed by atoms with Crippen molar-refractivity contribution in [2.75, 3.05) is 5.75 Å². The highest BCUT2D eigenvalue weighted by atomic mass is 35.5. The van der Waals surface area contributed by atoms with E-state index in [1.165, 1.54) is 0 Å². The topological polar surface area (TPSA) is 22.0 Å². The lowest BCUT2D eigenvalue weighted by Gasteiger charge is -2.07. The Hall–Kier alpha value is -1.49. The van der Waals surface area contributed by atoms with Gasteiger partial charge in [-0.2, -0.15) is 0 Å². The fourth-order valence-electron chi connectivity index (χ4n) is 2.49. The Bertz CT molecular complexity index is 884. The second-order valence-corrected chi connectivity index (χ2v) is 7.90. The third-order valence-corrected chi connectivity index (χ3v) is 6.58. The molecule has 0 saturated carbocycles. The van der Waals surface area contributed by atoms with Gasteiger partial charge in [-0.25, -0.2) is 4.21 Å². The SMILES string of the molecule is C=CCSc1c(S(=O)c2ccc(Cl)cc2)c2ccccc2n1C. The fraction of sp³-hybridized carbons (Fsp3) is 0.111. The van der Waals surface area contributed by atoms with Crippen molar-refractivity contribution in [2.45, 2.75) is 14.8 Å². The molecule has 1 atom stereocenters. The summed E-state index contributed by atoms with van der Waals surface area (Å²) in [6.07, 6.45) is 1.86. The van der Waals surface area contributed by atoms with Crippen LogP contribution in [0.3, 0.4) is 0 Å². The van der Waals surface area contributed by atoms with E-state index in [0.717, 1.165) is 31.5 Å². The quantitative estimate of drug-likeness (QED) is 0.455. The van der Waals surface area contributed by atoms with Crippen LogP contribution in [0.15, 0.2) is 76.0 Å². The molecule has 0 saturated heterocycles. The number of hydrogen-bond acceptors (Lipinski definition) is 2. The molecule has 3 rings (SSSR count). The molecule has 0 N–H and O–H groups in total. The predicted molar refractivity (Wildman–Crippen MR) is 100.0 cm³/mol. The molecule has 0 fully saturated rings. The number of para-hydroxylation sites is 1. The molecule has 118 valence electrons. The Morgan fingerprint density at radius 1 is 1.22 bits per heavy atom. The van der Waals surface area contributed by atoms with Crippen molar-refractivity contribution in [2.24, 2.45) is 7.05 Å². The van der Waals surface area contributed by atoms with Crippen LogP contribution in [0.5, 0.6) is 0 Å². The van der Waals surface area contributed by atoms with Gasteiger partial charge < -0.3 is 4.57 Å². The predicted octanol–water partition coefficient (Wildman–Crippen LogP) is 5.28. The first-order valence-corrected chi connectivity index (χ1v) is 9.63. The Morgan fingerprint density at radius 3 is 2.61 bits per heavy atom. The number of halogens is 1. The first-order valence-electron chi connectivity index (χ1n) is 7.12. The molecule has 1 unspecified atom stereocenters. The first-order chi connectivity index (χ1) is 11.1. The van der Waals surface area contributed by atoms with Gasteiger partial charge in [-0.1, -0.05) is 35.9 Å². The second kappa shape index (κ2) is 6.95. The Morgan fingerprint density at radius 2 is 1.91 bits per heavy atom. The molecule has 5 heteroatoms. The zero-order chi connectivity index (χ0) is 16.4. The summed E-state index contributed by atoms with van der Waals surface area (Å²) in [7, 11) is 0.752. The van der Waals surface area contributed by atoms with Gasteiger partial charge >= 0.3 is 0 Å². The molecule has 0 bridgehead atoms. The standard InChI is InChI=1S/C18H16ClNOS2/c1-3-12-22-18-17(15-6-4-5-7-16(15)20(18)2)23(21)14-10-8-13(19)9-11-14/h3-11H,1,12H2,2H3. The van der Waals surface area contributed by atoms with E-state index in [-0.39, 0.29) is 0 Å². The van der Waals surface area contributed by atoms with E-state index in [1.54, 1.807) is 23.9 Å². The third kappa shape index (κ3) is 3.11. The molecular weight excluding hydrogens is 346 g/mol. The van der Waals surface area contributed by atoms with E-state index in [1.807, 2.05) is 43.5 Å². The van der Waals surface area contributed by atoms with Crippen molar-refractivity contribution in [3.63, 3.8) is 0 Å². The molecule has 0 aliphatic rings. The smallest absolute Gasteiger partial charge is 0.0927 e. The Labute approximate surface area is 147 Å². The number of aromatic nitrogens is 1. The van der Waals surface area contributed by atoms with Crippen LogP contribution in [0.25, 0.3) is 10.9 Å². The van der Waals surface area contributed by atoms with Gasteiger partial charge in [0.2, 0.25) is 0 Å². The molecule has 0 aliphatic carbocycles. The molecule has 0 aliphatic heterocycles. The van der Waals surface area contributed by atoms with Gasteiger partial charge in [-0.15, -0.1) is 18.3 Å². The summed E-state index contributed by atoms with van der Waals surface area (Å²) in [5, 5.41) is 2.68. The van der Waals surface area contributed by atoms with Crippen LogP contribution in [0.4, 0.5) is 0 Å². The minimum Gasteiger partial charge on any atom is -0.338 e. The lowest BCUT2D eigenvalue weighted by molar-refractivity contribution is 0.680. The first kappa shape index (κ1) is 16.4. The highest BCUT2D eigenvalue weighted by molar-refractivity contribution is 8.00. The zero-order valence-corrected chi connectivity index (χ0v) is 15.0. The molecule has 2 aromatic carbocycles. The average Bonchev–Trinajstić information content (AvgIpc) is 2.85. The van der Waals surface area contributed by atoms with Crippen molar-refractivity contribution < 1.29 is 4.21 Å². The summed E-state index contributed by atoms with van der Waals surface area (Å²) in [5.74, 6) is 0.773. The van der Waals surface area contributed by atoms with Crippen LogP contribution in [0.1, 0.15) is 0 Å². The number of hydrogen-bond donors (Lipinski definition) is 0. The maximum atomic E-state index is 13.2. The molecule has 0 radical (unpaired) electrons. The molecule has 1 aromatic heterocycles. The monoisotopic (exact) mass is 361 g/mol. The van der Waals surface area contributed by atoms with Crippen LogP contribution in [0, 0.1) is 0 Å². The zero-order valence-electron chi connectivity index (χ0n) is 12.7. The summed E-state index contributed by atoms with van der Waals surface area (Å²) in [5.41, 5.74) is 1.08. The van der Waals surface area contributed by atoms with Gasteiger partial charge in [0.05, 0.1) is 20.7 Å². The van der Waals surface area contributed by atoms with Gasteiger partial charge in [0, 0.05) is 33.6 Å². The molecular formula is C18H16ClNOS2. The number of aryl methyl sites for hydroxylation is 1. The second-order valence-electron chi connectivity index (χ2n) is 5.03. The van der Waals surface area contributed by atoms with Crippen LogP contribution in [-0.2, 0) is 17.8 Å². The molecule has 3 aromatic rings. The van der Waals surface area contributed by atoms with E-state index < -0.39 is 10.8 Å². The maximum absolute atomic E-state index is 13.2. The average molecular weight is 362 g/mol.